The summed E-state index contributed by atoms with van der Waals surface area (Å²) in [7, 11) is 1.81. The topological polar surface area (TPSA) is 52.6 Å². The Morgan fingerprint density at radius 3 is 2.61 bits per heavy atom. The van der Waals surface area contributed by atoms with Gasteiger partial charge >= 0.3 is 0 Å². The molecule has 7 heteroatoms. The number of hydrogen-bond acceptors (Lipinski definition) is 4. The molecule has 1 aromatic heterocycles. The van der Waals surface area contributed by atoms with Gasteiger partial charge in [0.25, 0.3) is 0 Å². The zero-order valence-corrected chi connectivity index (χ0v) is 20.0. The Kier molecular flexibility index (Phi) is 9.37. The zero-order chi connectivity index (χ0) is 19.1. The van der Waals surface area contributed by atoms with Crippen molar-refractivity contribution in [1.82, 2.24) is 15.6 Å². The van der Waals surface area contributed by atoms with Gasteiger partial charge in [-0.2, -0.15) is 0 Å². The van der Waals surface area contributed by atoms with Gasteiger partial charge in [0.15, 0.2) is 5.96 Å². The van der Waals surface area contributed by atoms with Crippen molar-refractivity contribution in [2.75, 3.05) is 31.3 Å². The first-order chi connectivity index (χ1) is 13.2. The van der Waals surface area contributed by atoms with Crippen molar-refractivity contribution in [2.45, 2.75) is 37.8 Å². The summed E-state index contributed by atoms with van der Waals surface area (Å²) in [5.41, 5.74) is 3.79. The molecule has 2 aromatic rings. The van der Waals surface area contributed by atoms with E-state index in [1.807, 2.05) is 13.2 Å². The van der Waals surface area contributed by atoms with Crippen LogP contribution in [0.15, 0.2) is 46.4 Å². The van der Waals surface area contributed by atoms with Crippen molar-refractivity contribution in [3.63, 3.8) is 0 Å². The van der Waals surface area contributed by atoms with E-state index in [9.17, 15) is 0 Å². The molecular weight excluding hydrogens is 481 g/mol. The lowest BCUT2D eigenvalue weighted by Crippen LogP contribution is -2.36. The maximum absolute atomic E-state index is 4.52. The highest BCUT2D eigenvalue weighted by molar-refractivity contribution is 14.0. The van der Waals surface area contributed by atoms with Crippen molar-refractivity contribution in [3.05, 3.63) is 53.2 Å². The lowest BCUT2D eigenvalue weighted by molar-refractivity contribution is 0.799. The summed E-state index contributed by atoms with van der Waals surface area (Å²) in [6.07, 6.45) is 6.54. The van der Waals surface area contributed by atoms with E-state index in [1.165, 1.54) is 34.4 Å². The predicted octanol–water partition coefficient (Wildman–Crippen LogP) is 4.20. The Bertz CT molecular complexity index is 790. The number of anilines is 1. The number of pyridine rings is 1. The lowest BCUT2D eigenvalue weighted by atomic mass is 10.1. The third-order valence-corrected chi connectivity index (χ3v) is 5.63. The molecule has 0 saturated carbocycles. The summed E-state index contributed by atoms with van der Waals surface area (Å²) >= 11 is 1.78. The summed E-state index contributed by atoms with van der Waals surface area (Å²) in [5.74, 6) is 1.89. The first-order valence-corrected chi connectivity index (χ1v) is 10.7. The minimum atomic E-state index is 0. The Hall–Kier alpha value is -1.48. The van der Waals surface area contributed by atoms with Crippen molar-refractivity contribution in [1.29, 1.82) is 0 Å². The van der Waals surface area contributed by atoms with Gasteiger partial charge in [-0.15, -0.1) is 35.7 Å². The Balaban J connectivity index is 0.00000280. The SMILES string of the molecule is CN=C(NCc1ccnc(N2CCCC2)c1)NCc1ccc(C)cc1SC.I. The number of guanidine groups is 1. The lowest BCUT2D eigenvalue weighted by Gasteiger charge is -2.17. The number of aromatic nitrogens is 1. The highest BCUT2D eigenvalue weighted by atomic mass is 127. The summed E-state index contributed by atoms with van der Waals surface area (Å²) < 4.78 is 0. The molecule has 0 unspecified atom stereocenters. The standard InChI is InChI=1S/C21H29N5S.HI/c1-16-6-7-18(19(12-16)27-3)15-25-21(22-2)24-14-17-8-9-23-20(13-17)26-10-4-5-11-26;/h6-9,12-13H,4-5,10-11,14-15H2,1-3H3,(H2,22,24,25);1H. The Labute approximate surface area is 189 Å². The van der Waals surface area contributed by atoms with Gasteiger partial charge in [0.2, 0.25) is 0 Å². The largest absolute Gasteiger partial charge is 0.357 e. The van der Waals surface area contributed by atoms with Crippen LogP contribution in [-0.2, 0) is 13.1 Å². The fourth-order valence-electron chi connectivity index (χ4n) is 3.27. The second-order valence-electron chi connectivity index (χ2n) is 6.81. The number of aryl methyl sites for hydroxylation is 1. The first-order valence-electron chi connectivity index (χ1n) is 9.47. The number of nitrogens with zero attached hydrogens (tertiary/aromatic N) is 3. The molecule has 152 valence electrons. The fraction of sp³-hybridized carbons (Fsp3) is 0.429. The molecule has 0 atom stereocenters. The van der Waals surface area contributed by atoms with E-state index in [1.54, 1.807) is 11.8 Å². The van der Waals surface area contributed by atoms with Gasteiger partial charge < -0.3 is 15.5 Å². The molecule has 1 aliphatic heterocycles. The van der Waals surface area contributed by atoms with Crippen LogP contribution in [0.5, 0.6) is 0 Å². The molecule has 1 fully saturated rings. The van der Waals surface area contributed by atoms with Crippen LogP contribution in [0.4, 0.5) is 5.82 Å². The third kappa shape index (κ3) is 6.27. The normalized spacial score (nSPS) is 14.0. The second kappa shape index (κ2) is 11.5. The molecular formula is C21H30IN5S. The monoisotopic (exact) mass is 511 g/mol. The number of benzene rings is 1. The Morgan fingerprint density at radius 2 is 1.89 bits per heavy atom. The van der Waals surface area contributed by atoms with E-state index in [2.05, 4.69) is 69.0 Å². The van der Waals surface area contributed by atoms with Crippen molar-refractivity contribution in [2.24, 2.45) is 4.99 Å². The summed E-state index contributed by atoms with van der Waals surface area (Å²) in [5, 5.41) is 6.83. The minimum absolute atomic E-state index is 0. The van der Waals surface area contributed by atoms with E-state index in [0.717, 1.165) is 38.0 Å². The van der Waals surface area contributed by atoms with Crippen LogP contribution in [0.25, 0.3) is 0 Å². The van der Waals surface area contributed by atoms with E-state index in [0.29, 0.717) is 0 Å². The number of halogens is 1. The first kappa shape index (κ1) is 22.8. The molecule has 1 aromatic carbocycles. The number of rotatable bonds is 6. The highest BCUT2D eigenvalue weighted by Crippen LogP contribution is 2.21. The van der Waals surface area contributed by atoms with E-state index in [4.69, 9.17) is 0 Å². The van der Waals surface area contributed by atoms with Gasteiger partial charge in [0.1, 0.15) is 5.82 Å². The smallest absolute Gasteiger partial charge is 0.191 e. The van der Waals surface area contributed by atoms with Gasteiger partial charge in [0, 0.05) is 44.3 Å². The summed E-state index contributed by atoms with van der Waals surface area (Å²) in [4.78, 5) is 12.5. The molecule has 1 aliphatic rings. The maximum atomic E-state index is 4.52. The predicted molar refractivity (Wildman–Crippen MR) is 131 cm³/mol. The van der Waals surface area contributed by atoms with Crippen LogP contribution >= 0.6 is 35.7 Å². The van der Waals surface area contributed by atoms with Gasteiger partial charge in [-0.25, -0.2) is 4.98 Å². The van der Waals surface area contributed by atoms with Crippen LogP contribution in [-0.4, -0.2) is 37.3 Å². The van der Waals surface area contributed by atoms with Crippen LogP contribution < -0.4 is 15.5 Å². The number of nitrogens with one attached hydrogen (secondary N) is 2. The van der Waals surface area contributed by atoms with E-state index < -0.39 is 0 Å². The van der Waals surface area contributed by atoms with Gasteiger partial charge in [0.05, 0.1) is 0 Å². The molecule has 0 bridgehead atoms. The zero-order valence-electron chi connectivity index (χ0n) is 16.9. The minimum Gasteiger partial charge on any atom is -0.357 e. The molecule has 28 heavy (non-hydrogen) atoms. The number of hydrogen-bond donors (Lipinski definition) is 2. The maximum Gasteiger partial charge on any atom is 0.191 e. The molecule has 0 spiro atoms. The van der Waals surface area contributed by atoms with E-state index in [-0.39, 0.29) is 24.0 Å². The molecule has 0 radical (unpaired) electrons. The van der Waals surface area contributed by atoms with Crippen LogP contribution in [0.2, 0.25) is 0 Å². The molecule has 2 N–H and O–H groups in total. The van der Waals surface area contributed by atoms with Gasteiger partial charge in [-0.1, -0.05) is 12.1 Å². The highest BCUT2D eigenvalue weighted by Gasteiger charge is 2.13. The Morgan fingerprint density at radius 1 is 1.14 bits per heavy atom. The quantitative estimate of drug-likeness (QED) is 0.264. The van der Waals surface area contributed by atoms with Crippen LogP contribution in [0, 0.1) is 6.92 Å². The average Bonchev–Trinajstić information content (AvgIpc) is 3.24. The molecule has 1 saturated heterocycles. The molecule has 5 nitrogen and oxygen atoms in total. The van der Waals surface area contributed by atoms with E-state index >= 15 is 0 Å². The molecule has 0 aliphatic carbocycles. The van der Waals surface area contributed by atoms with Crippen molar-refractivity contribution in [3.8, 4) is 0 Å². The molecule has 2 heterocycles. The fourth-order valence-corrected chi connectivity index (χ4v) is 3.98. The third-order valence-electron chi connectivity index (χ3n) is 4.81. The van der Waals surface area contributed by atoms with Crippen LogP contribution in [0.3, 0.4) is 0 Å². The molecule has 0 amide bonds. The number of aliphatic imine (C=N–C) groups is 1. The second-order valence-corrected chi connectivity index (χ2v) is 7.66. The average molecular weight is 511 g/mol. The summed E-state index contributed by atoms with van der Waals surface area (Å²) in [6.45, 7) is 5.84. The van der Waals surface area contributed by atoms with Crippen molar-refractivity contribution < 1.29 is 0 Å². The van der Waals surface area contributed by atoms with Gasteiger partial charge in [-0.3, -0.25) is 4.99 Å². The van der Waals surface area contributed by atoms with Crippen LogP contribution in [0.1, 0.15) is 29.5 Å². The summed E-state index contributed by atoms with van der Waals surface area (Å²) in [6, 6.07) is 10.8. The van der Waals surface area contributed by atoms with Crippen molar-refractivity contribution >= 4 is 47.5 Å². The molecule has 3 rings (SSSR count). The van der Waals surface area contributed by atoms with Gasteiger partial charge in [-0.05, 0) is 60.9 Å². The number of thioether (sulfide) groups is 1.